The zero-order valence-electron chi connectivity index (χ0n) is 11.8. The number of aryl methyl sites for hydroxylation is 1. The first-order chi connectivity index (χ1) is 10.0. The highest BCUT2D eigenvalue weighted by molar-refractivity contribution is 7.92. The van der Waals surface area contributed by atoms with Gasteiger partial charge in [-0.1, -0.05) is 25.5 Å². The molecule has 0 atom stereocenters. The summed E-state index contributed by atoms with van der Waals surface area (Å²) in [5.74, 6) is -0.464. The number of anilines is 1. The van der Waals surface area contributed by atoms with Crippen LogP contribution in [0.4, 0.5) is 10.1 Å². The monoisotopic (exact) mass is 307 g/mol. The van der Waals surface area contributed by atoms with Crippen molar-refractivity contribution in [1.82, 2.24) is 0 Å². The Balaban J connectivity index is 2.11. The number of nitrogens with one attached hydrogen (secondary N) is 1. The van der Waals surface area contributed by atoms with E-state index < -0.39 is 15.8 Å². The van der Waals surface area contributed by atoms with Gasteiger partial charge in [0.1, 0.15) is 5.82 Å². The van der Waals surface area contributed by atoms with Gasteiger partial charge in [0.2, 0.25) is 0 Å². The Morgan fingerprint density at radius 3 is 2.19 bits per heavy atom. The Kier molecular flexibility index (Phi) is 4.96. The van der Waals surface area contributed by atoms with Crippen LogP contribution in [0.2, 0.25) is 0 Å². The number of sulfonamides is 1. The van der Waals surface area contributed by atoms with E-state index in [0.717, 1.165) is 31.4 Å². The van der Waals surface area contributed by atoms with E-state index >= 15 is 0 Å². The van der Waals surface area contributed by atoms with Crippen LogP contribution >= 0.6 is 0 Å². The Hall–Kier alpha value is -1.88. The van der Waals surface area contributed by atoms with Crippen molar-refractivity contribution in [3.63, 3.8) is 0 Å². The van der Waals surface area contributed by atoms with Crippen molar-refractivity contribution < 1.29 is 12.8 Å². The Morgan fingerprint density at radius 2 is 1.62 bits per heavy atom. The third kappa shape index (κ3) is 4.29. The molecule has 3 nitrogen and oxygen atoms in total. The maximum atomic E-state index is 12.8. The lowest BCUT2D eigenvalue weighted by Crippen LogP contribution is -2.12. The predicted molar refractivity (Wildman–Crippen MR) is 82.3 cm³/mol. The third-order valence-corrected chi connectivity index (χ3v) is 4.55. The van der Waals surface area contributed by atoms with Gasteiger partial charge in [-0.15, -0.1) is 0 Å². The molecule has 1 N–H and O–H groups in total. The zero-order valence-corrected chi connectivity index (χ0v) is 12.7. The van der Waals surface area contributed by atoms with Gasteiger partial charge >= 0.3 is 0 Å². The molecule has 0 saturated carbocycles. The highest BCUT2D eigenvalue weighted by atomic mass is 32.2. The molecule has 2 aromatic rings. The van der Waals surface area contributed by atoms with Gasteiger partial charge in [0.15, 0.2) is 0 Å². The van der Waals surface area contributed by atoms with Crippen LogP contribution in [0.1, 0.15) is 25.3 Å². The molecule has 21 heavy (non-hydrogen) atoms. The SMILES string of the molecule is CCCCc1ccc(NS(=O)(=O)c2ccc(F)cc2)cc1. The van der Waals surface area contributed by atoms with Gasteiger partial charge in [-0.05, 0) is 54.8 Å². The van der Waals surface area contributed by atoms with Crippen LogP contribution in [0.15, 0.2) is 53.4 Å². The highest BCUT2D eigenvalue weighted by Crippen LogP contribution is 2.17. The van der Waals surface area contributed by atoms with E-state index in [1.165, 1.54) is 17.7 Å². The maximum absolute atomic E-state index is 12.8. The molecule has 0 saturated heterocycles. The van der Waals surface area contributed by atoms with Crippen molar-refractivity contribution in [3.05, 3.63) is 59.9 Å². The van der Waals surface area contributed by atoms with Gasteiger partial charge in [0.25, 0.3) is 10.0 Å². The van der Waals surface area contributed by atoms with Crippen molar-refractivity contribution >= 4 is 15.7 Å². The molecular formula is C16H18FNO2S. The average Bonchev–Trinajstić information content (AvgIpc) is 2.47. The lowest BCUT2D eigenvalue weighted by atomic mass is 10.1. The lowest BCUT2D eigenvalue weighted by Gasteiger charge is -2.09. The molecule has 0 aliphatic carbocycles. The van der Waals surface area contributed by atoms with Gasteiger partial charge in [0.05, 0.1) is 4.90 Å². The molecule has 112 valence electrons. The molecule has 0 unspecified atom stereocenters. The minimum Gasteiger partial charge on any atom is -0.280 e. The first-order valence-corrected chi connectivity index (χ1v) is 8.37. The molecule has 2 rings (SSSR count). The Labute approximate surface area is 124 Å². The standard InChI is InChI=1S/C16H18FNO2S/c1-2-3-4-13-5-9-15(10-6-13)18-21(19,20)16-11-7-14(17)8-12-16/h5-12,18H,2-4H2,1H3. The van der Waals surface area contributed by atoms with Crippen LogP contribution in [0, 0.1) is 5.82 Å². The van der Waals surface area contributed by atoms with Crippen LogP contribution in [0.3, 0.4) is 0 Å². The van der Waals surface area contributed by atoms with E-state index in [9.17, 15) is 12.8 Å². The molecule has 0 fully saturated rings. The molecule has 0 aliphatic rings. The summed E-state index contributed by atoms with van der Waals surface area (Å²) in [6.45, 7) is 2.13. The van der Waals surface area contributed by atoms with Crippen LogP contribution in [0.5, 0.6) is 0 Å². The highest BCUT2D eigenvalue weighted by Gasteiger charge is 2.13. The second-order valence-corrected chi connectivity index (χ2v) is 6.54. The minimum atomic E-state index is -3.68. The van der Waals surface area contributed by atoms with Crippen molar-refractivity contribution in [1.29, 1.82) is 0 Å². The van der Waals surface area contributed by atoms with E-state index in [4.69, 9.17) is 0 Å². The van der Waals surface area contributed by atoms with Gasteiger partial charge in [-0.25, -0.2) is 12.8 Å². The molecule has 0 aliphatic heterocycles. The summed E-state index contributed by atoms with van der Waals surface area (Å²) >= 11 is 0. The summed E-state index contributed by atoms with van der Waals surface area (Å²) in [7, 11) is -3.68. The van der Waals surface area contributed by atoms with Crippen LogP contribution in [0.25, 0.3) is 0 Å². The Bertz CT molecular complexity index is 679. The first kappa shape index (κ1) is 15.5. The summed E-state index contributed by atoms with van der Waals surface area (Å²) in [6.07, 6.45) is 3.22. The third-order valence-electron chi connectivity index (χ3n) is 3.15. The Morgan fingerprint density at radius 1 is 1.00 bits per heavy atom. The van der Waals surface area contributed by atoms with E-state index in [2.05, 4.69) is 11.6 Å². The van der Waals surface area contributed by atoms with Crippen LogP contribution in [-0.4, -0.2) is 8.42 Å². The summed E-state index contributed by atoms with van der Waals surface area (Å²) < 4.78 is 39.6. The first-order valence-electron chi connectivity index (χ1n) is 6.88. The fraction of sp³-hybridized carbons (Fsp3) is 0.250. The number of rotatable bonds is 6. The number of halogens is 1. The number of hydrogen-bond acceptors (Lipinski definition) is 2. The van der Waals surface area contributed by atoms with E-state index in [0.29, 0.717) is 5.69 Å². The van der Waals surface area contributed by atoms with Crippen LogP contribution in [-0.2, 0) is 16.4 Å². The fourth-order valence-corrected chi connectivity index (χ4v) is 3.01. The summed E-state index contributed by atoms with van der Waals surface area (Å²) in [6, 6.07) is 12.1. The van der Waals surface area contributed by atoms with E-state index in [-0.39, 0.29) is 4.90 Å². The molecule has 5 heteroatoms. The molecule has 0 bridgehead atoms. The number of benzene rings is 2. The number of unbranched alkanes of at least 4 members (excludes halogenated alkanes) is 1. The van der Waals surface area contributed by atoms with E-state index in [1.807, 2.05) is 12.1 Å². The van der Waals surface area contributed by atoms with Gasteiger partial charge in [-0.3, -0.25) is 4.72 Å². The number of hydrogen-bond donors (Lipinski definition) is 1. The molecule has 0 amide bonds. The maximum Gasteiger partial charge on any atom is 0.261 e. The van der Waals surface area contributed by atoms with Crippen LogP contribution < -0.4 is 4.72 Å². The molecule has 0 spiro atoms. The largest absolute Gasteiger partial charge is 0.280 e. The van der Waals surface area contributed by atoms with E-state index in [1.54, 1.807) is 12.1 Å². The summed E-state index contributed by atoms with van der Waals surface area (Å²) in [5.41, 5.74) is 1.68. The van der Waals surface area contributed by atoms with Crippen molar-refractivity contribution in [2.24, 2.45) is 0 Å². The minimum absolute atomic E-state index is 0.0407. The predicted octanol–water partition coefficient (Wildman–Crippen LogP) is 3.97. The topological polar surface area (TPSA) is 46.2 Å². The smallest absolute Gasteiger partial charge is 0.261 e. The van der Waals surface area contributed by atoms with Gasteiger partial charge < -0.3 is 0 Å². The molecule has 0 radical (unpaired) electrons. The summed E-state index contributed by atoms with van der Waals surface area (Å²) in [5, 5.41) is 0. The summed E-state index contributed by atoms with van der Waals surface area (Å²) in [4.78, 5) is 0.0407. The molecule has 0 heterocycles. The second kappa shape index (κ2) is 6.72. The molecule has 0 aromatic heterocycles. The average molecular weight is 307 g/mol. The molecular weight excluding hydrogens is 289 g/mol. The molecule has 2 aromatic carbocycles. The normalized spacial score (nSPS) is 11.3. The van der Waals surface area contributed by atoms with Gasteiger partial charge in [-0.2, -0.15) is 0 Å². The van der Waals surface area contributed by atoms with Crippen molar-refractivity contribution in [3.8, 4) is 0 Å². The lowest BCUT2D eigenvalue weighted by molar-refractivity contribution is 0.599. The second-order valence-electron chi connectivity index (χ2n) is 4.86. The quantitative estimate of drug-likeness (QED) is 0.877. The van der Waals surface area contributed by atoms with Crippen molar-refractivity contribution in [2.75, 3.05) is 4.72 Å². The van der Waals surface area contributed by atoms with Gasteiger partial charge in [0, 0.05) is 5.69 Å². The van der Waals surface area contributed by atoms with Crippen molar-refractivity contribution in [2.45, 2.75) is 31.1 Å². The zero-order chi connectivity index (χ0) is 15.3. The fourth-order valence-electron chi connectivity index (χ4n) is 1.95.